The zero-order valence-electron chi connectivity index (χ0n) is 15.2. The fourth-order valence-corrected chi connectivity index (χ4v) is 3.39. The van der Waals surface area contributed by atoms with Gasteiger partial charge in [-0.3, -0.25) is 4.79 Å². The second kappa shape index (κ2) is 9.22. The van der Waals surface area contributed by atoms with Crippen molar-refractivity contribution in [3.63, 3.8) is 0 Å². The average Bonchev–Trinajstić information content (AvgIpc) is 2.92. The smallest absolute Gasteiger partial charge is 0.250 e. The highest BCUT2D eigenvalue weighted by Crippen LogP contribution is 2.17. The van der Waals surface area contributed by atoms with Gasteiger partial charge in [-0.1, -0.05) is 56.0 Å². The molecule has 3 rings (SSSR count). The van der Waals surface area contributed by atoms with E-state index in [1.165, 1.54) is 38.5 Å². The standard InChI is InChI=1S/C21H28N4O/c22-21(24-19-7-3-1-2-4-8-19)23-15-17-10-12-18(13-11-17)16-25-14-6-5-9-20(25)26/h5-6,9-14,19H,1-4,7-8,15-16H2,(H3,22,23,24). The molecule has 1 aromatic heterocycles. The van der Waals surface area contributed by atoms with Crippen LogP contribution in [0.2, 0.25) is 0 Å². The largest absolute Gasteiger partial charge is 0.370 e. The van der Waals surface area contributed by atoms with Crippen molar-refractivity contribution in [2.75, 3.05) is 0 Å². The van der Waals surface area contributed by atoms with Crippen LogP contribution in [0, 0.1) is 0 Å². The van der Waals surface area contributed by atoms with E-state index in [9.17, 15) is 4.79 Å². The molecule has 5 heteroatoms. The van der Waals surface area contributed by atoms with E-state index in [1.807, 2.05) is 30.3 Å². The molecule has 0 saturated heterocycles. The van der Waals surface area contributed by atoms with Crippen LogP contribution in [0.5, 0.6) is 0 Å². The van der Waals surface area contributed by atoms with Gasteiger partial charge in [0, 0.05) is 18.3 Å². The third-order valence-corrected chi connectivity index (χ3v) is 4.91. The highest BCUT2D eigenvalue weighted by atomic mass is 16.1. The molecule has 0 aliphatic heterocycles. The molecule has 0 unspecified atom stereocenters. The lowest BCUT2D eigenvalue weighted by Gasteiger charge is -2.16. The number of guanidine groups is 1. The van der Waals surface area contributed by atoms with E-state index in [2.05, 4.69) is 10.3 Å². The monoisotopic (exact) mass is 352 g/mol. The number of nitrogens with one attached hydrogen (secondary N) is 1. The predicted molar refractivity (Wildman–Crippen MR) is 106 cm³/mol. The molecular formula is C21H28N4O. The molecule has 0 radical (unpaired) electrons. The number of aromatic nitrogens is 1. The average molecular weight is 352 g/mol. The number of benzene rings is 1. The molecule has 0 spiro atoms. The SMILES string of the molecule is NC(=NCc1ccc(Cn2ccccc2=O)cc1)NC1CCCCCC1. The quantitative estimate of drug-likeness (QED) is 0.493. The molecule has 2 aromatic rings. The Kier molecular flexibility index (Phi) is 6.47. The minimum absolute atomic E-state index is 0.0125. The summed E-state index contributed by atoms with van der Waals surface area (Å²) in [5.74, 6) is 0.539. The highest BCUT2D eigenvalue weighted by Gasteiger charge is 2.12. The number of hydrogen-bond donors (Lipinski definition) is 2. The summed E-state index contributed by atoms with van der Waals surface area (Å²) >= 11 is 0. The Bertz CT molecular complexity index is 771. The van der Waals surface area contributed by atoms with Crippen molar-refractivity contribution in [3.8, 4) is 0 Å². The molecule has 1 saturated carbocycles. The Balaban J connectivity index is 1.53. The molecule has 0 amide bonds. The van der Waals surface area contributed by atoms with Crippen molar-refractivity contribution >= 4 is 5.96 Å². The van der Waals surface area contributed by atoms with Crippen molar-refractivity contribution in [2.24, 2.45) is 10.7 Å². The molecule has 1 heterocycles. The fraction of sp³-hybridized carbons (Fsp3) is 0.429. The first-order valence-corrected chi connectivity index (χ1v) is 9.50. The van der Waals surface area contributed by atoms with Gasteiger partial charge in [-0.15, -0.1) is 0 Å². The van der Waals surface area contributed by atoms with Gasteiger partial charge < -0.3 is 15.6 Å². The van der Waals surface area contributed by atoms with Crippen LogP contribution >= 0.6 is 0 Å². The predicted octanol–water partition coefficient (Wildman–Crippen LogP) is 3.02. The number of nitrogens with zero attached hydrogens (tertiary/aromatic N) is 2. The number of pyridine rings is 1. The van der Waals surface area contributed by atoms with Crippen molar-refractivity contribution in [1.82, 2.24) is 9.88 Å². The summed E-state index contributed by atoms with van der Waals surface area (Å²) in [6.45, 7) is 1.14. The second-order valence-electron chi connectivity index (χ2n) is 7.02. The van der Waals surface area contributed by atoms with Crippen LogP contribution in [-0.2, 0) is 13.1 Å². The first-order chi connectivity index (χ1) is 12.7. The van der Waals surface area contributed by atoms with Gasteiger partial charge in [0.2, 0.25) is 0 Å². The Morgan fingerprint density at radius 2 is 1.73 bits per heavy atom. The molecule has 138 valence electrons. The number of nitrogens with two attached hydrogens (primary N) is 1. The van der Waals surface area contributed by atoms with E-state index in [1.54, 1.807) is 22.9 Å². The summed E-state index contributed by atoms with van der Waals surface area (Å²) < 4.78 is 1.70. The Morgan fingerprint density at radius 3 is 2.42 bits per heavy atom. The molecule has 1 fully saturated rings. The van der Waals surface area contributed by atoms with Gasteiger partial charge in [-0.25, -0.2) is 4.99 Å². The molecule has 0 atom stereocenters. The summed E-state index contributed by atoms with van der Waals surface area (Å²) in [4.78, 5) is 16.3. The zero-order valence-corrected chi connectivity index (χ0v) is 15.2. The highest BCUT2D eigenvalue weighted by molar-refractivity contribution is 5.78. The number of hydrogen-bond acceptors (Lipinski definition) is 2. The van der Waals surface area contributed by atoms with Gasteiger partial charge in [-0.2, -0.15) is 0 Å². The molecule has 1 aliphatic carbocycles. The van der Waals surface area contributed by atoms with Gasteiger partial charge >= 0.3 is 0 Å². The molecule has 5 nitrogen and oxygen atoms in total. The van der Waals surface area contributed by atoms with Crippen LogP contribution in [-0.4, -0.2) is 16.6 Å². The maximum atomic E-state index is 11.8. The van der Waals surface area contributed by atoms with Crippen LogP contribution in [0.3, 0.4) is 0 Å². The van der Waals surface area contributed by atoms with Crippen molar-refractivity contribution in [1.29, 1.82) is 0 Å². The number of rotatable bonds is 5. The minimum atomic E-state index is 0.0125. The molecule has 1 aromatic carbocycles. The van der Waals surface area contributed by atoms with Gasteiger partial charge in [0.05, 0.1) is 13.1 Å². The molecular weight excluding hydrogens is 324 g/mol. The maximum Gasteiger partial charge on any atom is 0.250 e. The summed E-state index contributed by atoms with van der Waals surface area (Å²) in [5, 5.41) is 3.37. The lowest BCUT2D eigenvalue weighted by Crippen LogP contribution is -2.39. The molecule has 1 aliphatic rings. The van der Waals surface area contributed by atoms with Gasteiger partial charge in [-0.05, 0) is 30.0 Å². The van der Waals surface area contributed by atoms with Gasteiger partial charge in [0.15, 0.2) is 5.96 Å². The van der Waals surface area contributed by atoms with Crippen molar-refractivity contribution < 1.29 is 0 Å². The topological polar surface area (TPSA) is 72.4 Å². The van der Waals surface area contributed by atoms with E-state index in [0.29, 0.717) is 25.1 Å². The van der Waals surface area contributed by atoms with E-state index < -0.39 is 0 Å². The maximum absolute atomic E-state index is 11.8. The van der Waals surface area contributed by atoms with Crippen LogP contribution in [0.25, 0.3) is 0 Å². The van der Waals surface area contributed by atoms with Crippen molar-refractivity contribution in [3.05, 3.63) is 70.1 Å². The van der Waals surface area contributed by atoms with Crippen LogP contribution in [0.4, 0.5) is 0 Å². The van der Waals surface area contributed by atoms with Crippen LogP contribution < -0.4 is 16.6 Å². The summed E-state index contributed by atoms with van der Waals surface area (Å²) in [6, 6.07) is 13.8. The Hall–Kier alpha value is -2.56. The van der Waals surface area contributed by atoms with E-state index in [-0.39, 0.29) is 5.56 Å². The third-order valence-electron chi connectivity index (χ3n) is 4.91. The normalized spacial score (nSPS) is 16.2. The second-order valence-corrected chi connectivity index (χ2v) is 7.02. The van der Waals surface area contributed by atoms with E-state index >= 15 is 0 Å². The molecule has 0 bridgehead atoms. The van der Waals surface area contributed by atoms with Crippen LogP contribution in [0.15, 0.2) is 58.4 Å². The zero-order chi connectivity index (χ0) is 18.2. The lowest BCUT2D eigenvalue weighted by atomic mass is 10.1. The first-order valence-electron chi connectivity index (χ1n) is 9.50. The first kappa shape index (κ1) is 18.2. The van der Waals surface area contributed by atoms with Gasteiger partial charge in [0.1, 0.15) is 0 Å². The number of aliphatic imine (C=N–C) groups is 1. The Labute approximate surface area is 155 Å². The molecule has 3 N–H and O–H groups in total. The Morgan fingerprint density at radius 1 is 1.04 bits per heavy atom. The third kappa shape index (κ3) is 5.48. The van der Waals surface area contributed by atoms with Crippen molar-refractivity contribution in [2.45, 2.75) is 57.7 Å². The van der Waals surface area contributed by atoms with E-state index in [4.69, 9.17) is 5.73 Å². The van der Waals surface area contributed by atoms with Crippen LogP contribution in [0.1, 0.15) is 49.7 Å². The fourth-order valence-electron chi connectivity index (χ4n) is 3.39. The van der Waals surface area contributed by atoms with Gasteiger partial charge in [0.25, 0.3) is 5.56 Å². The summed E-state index contributed by atoms with van der Waals surface area (Å²) in [5.41, 5.74) is 8.27. The summed E-state index contributed by atoms with van der Waals surface area (Å²) in [6.07, 6.45) is 9.38. The summed E-state index contributed by atoms with van der Waals surface area (Å²) in [7, 11) is 0. The lowest BCUT2D eigenvalue weighted by molar-refractivity contribution is 0.530. The molecule has 26 heavy (non-hydrogen) atoms. The minimum Gasteiger partial charge on any atom is -0.370 e. The van der Waals surface area contributed by atoms with E-state index in [0.717, 1.165) is 11.1 Å².